The molecule has 2 aromatic rings. The van der Waals surface area contributed by atoms with Gasteiger partial charge in [-0.1, -0.05) is 32.0 Å². The van der Waals surface area contributed by atoms with Crippen molar-refractivity contribution in [3.8, 4) is 17.6 Å². The number of hydrogen-bond donors (Lipinski definition) is 1. The molecule has 1 atom stereocenters. The first-order chi connectivity index (χ1) is 15.7. The van der Waals surface area contributed by atoms with Crippen molar-refractivity contribution in [2.45, 2.75) is 39.2 Å². The summed E-state index contributed by atoms with van der Waals surface area (Å²) in [7, 11) is 1.52. The third-order valence-electron chi connectivity index (χ3n) is 5.90. The number of rotatable bonds is 5. The molecule has 0 bridgehead atoms. The molecule has 7 heteroatoms. The number of ether oxygens (including phenoxy) is 3. The van der Waals surface area contributed by atoms with Crippen molar-refractivity contribution in [1.82, 2.24) is 0 Å². The fourth-order valence-corrected chi connectivity index (χ4v) is 4.34. The first-order valence-corrected chi connectivity index (χ1v) is 10.6. The lowest BCUT2D eigenvalue weighted by Crippen LogP contribution is -2.33. The number of benzene rings is 2. The van der Waals surface area contributed by atoms with Gasteiger partial charge in [-0.3, -0.25) is 4.79 Å². The van der Waals surface area contributed by atoms with Crippen LogP contribution in [0.3, 0.4) is 0 Å². The molecule has 0 amide bonds. The summed E-state index contributed by atoms with van der Waals surface area (Å²) in [4.78, 5) is 13.1. The zero-order valence-corrected chi connectivity index (χ0v) is 18.8. The van der Waals surface area contributed by atoms with Crippen molar-refractivity contribution >= 4 is 5.78 Å². The molecule has 1 aliphatic carbocycles. The lowest BCUT2D eigenvalue weighted by molar-refractivity contribution is -0.119. The van der Waals surface area contributed by atoms with Gasteiger partial charge in [0.25, 0.3) is 0 Å². The van der Waals surface area contributed by atoms with Crippen molar-refractivity contribution in [1.29, 1.82) is 5.26 Å². The number of carbonyl (C=O) groups is 1. The van der Waals surface area contributed by atoms with E-state index in [1.54, 1.807) is 30.3 Å². The highest BCUT2D eigenvalue weighted by Crippen LogP contribution is 2.48. The van der Waals surface area contributed by atoms with Crippen LogP contribution in [-0.4, -0.2) is 12.9 Å². The van der Waals surface area contributed by atoms with Gasteiger partial charge in [0.05, 0.1) is 13.0 Å². The Morgan fingerprint density at radius 1 is 1.18 bits per heavy atom. The maximum atomic E-state index is 13.1. The molecule has 0 spiro atoms. The molecule has 4 rings (SSSR count). The molecule has 0 aromatic heterocycles. The molecule has 170 valence electrons. The second-order valence-corrected chi connectivity index (χ2v) is 9.03. The number of ketones is 1. The predicted molar refractivity (Wildman–Crippen MR) is 119 cm³/mol. The Hall–Kier alpha value is -3.79. The number of nitrogens with two attached hydrogens (primary N) is 1. The van der Waals surface area contributed by atoms with Crippen LogP contribution in [0.25, 0.3) is 0 Å². The number of carbonyl (C=O) groups excluding carboxylic acids is 1. The van der Waals surface area contributed by atoms with Crippen LogP contribution >= 0.6 is 0 Å². The average Bonchev–Trinajstić information content (AvgIpc) is 2.77. The highest BCUT2D eigenvalue weighted by Gasteiger charge is 2.43. The van der Waals surface area contributed by atoms with E-state index in [1.165, 1.54) is 19.2 Å². The summed E-state index contributed by atoms with van der Waals surface area (Å²) in [5, 5.41) is 9.80. The van der Waals surface area contributed by atoms with Gasteiger partial charge >= 0.3 is 0 Å². The molecule has 6 nitrogen and oxygen atoms in total. The van der Waals surface area contributed by atoms with Gasteiger partial charge in [-0.05, 0) is 40.8 Å². The Morgan fingerprint density at radius 3 is 2.58 bits per heavy atom. The van der Waals surface area contributed by atoms with Crippen molar-refractivity contribution < 1.29 is 23.4 Å². The Kier molecular flexibility index (Phi) is 5.86. The fourth-order valence-electron chi connectivity index (χ4n) is 4.34. The molecule has 33 heavy (non-hydrogen) atoms. The van der Waals surface area contributed by atoms with Gasteiger partial charge in [-0.2, -0.15) is 5.26 Å². The van der Waals surface area contributed by atoms with E-state index in [-0.39, 0.29) is 35.1 Å². The SMILES string of the molecule is COc1cc([C@H]2C(C#N)=C(N)OC3=C2C(=O)CC(C)(C)C3)ccc1OCc1ccc(F)cc1. The lowest BCUT2D eigenvalue weighted by Gasteiger charge is -2.37. The standard InChI is InChI=1S/C26H25FN2O4/c1-26(2)11-19(30)24-22(12-26)33-25(29)18(13-28)23(24)16-6-9-20(21(10-16)31-3)32-14-15-4-7-17(27)8-5-15/h4-10,23H,11-12,14,29H2,1-3H3/t23-/m0/s1. The normalized spacial score (nSPS) is 19.5. The van der Waals surface area contributed by atoms with E-state index in [1.807, 2.05) is 13.8 Å². The third kappa shape index (κ3) is 4.42. The summed E-state index contributed by atoms with van der Waals surface area (Å²) in [5.41, 5.74) is 8.00. The maximum Gasteiger partial charge on any atom is 0.205 e. The van der Waals surface area contributed by atoms with Gasteiger partial charge in [0.2, 0.25) is 5.88 Å². The Morgan fingerprint density at radius 2 is 1.91 bits per heavy atom. The van der Waals surface area contributed by atoms with E-state index in [9.17, 15) is 14.4 Å². The number of allylic oxidation sites excluding steroid dienone is 3. The summed E-state index contributed by atoms with van der Waals surface area (Å²) in [5.74, 6) is 0.466. The zero-order valence-electron chi connectivity index (χ0n) is 18.8. The largest absolute Gasteiger partial charge is 0.493 e. The van der Waals surface area contributed by atoms with Crippen LogP contribution in [0.15, 0.2) is 65.3 Å². The third-order valence-corrected chi connectivity index (χ3v) is 5.90. The second kappa shape index (κ2) is 8.62. The van der Waals surface area contributed by atoms with E-state index in [4.69, 9.17) is 19.9 Å². The minimum atomic E-state index is -0.637. The van der Waals surface area contributed by atoms with Crippen LogP contribution in [0.5, 0.6) is 11.5 Å². The molecular weight excluding hydrogens is 423 g/mol. The summed E-state index contributed by atoms with van der Waals surface area (Å²) < 4.78 is 30.3. The lowest BCUT2D eigenvalue weighted by atomic mass is 9.70. The minimum absolute atomic E-state index is 0.0161. The Bertz CT molecular complexity index is 1210. The zero-order chi connectivity index (χ0) is 23.8. The van der Waals surface area contributed by atoms with Gasteiger partial charge in [-0.25, -0.2) is 4.39 Å². The second-order valence-electron chi connectivity index (χ2n) is 9.03. The highest BCUT2D eigenvalue weighted by atomic mass is 19.1. The summed E-state index contributed by atoms with van der Waals surface area (Å²) in [6.07, 6.45) is 0.917. The molecule has 0 saturated carbocycles. The molecule has 0 saturated heterocycles. The van der Waals surface area contributed by atoms with Crippen molar-refractivity contribution in [2.75, 3.05) is 7.11 Å². The molecule has 1 heterocycles. The molecular formula is C26H25FN2O4. The van der Waals surface area contributed by atoms with Crippen LogP contribution in [0.2, 0.25) is 0 Å². The van der Waals surface area contributed by atoms with Crippen LogP contribution < -0.4 is 15.2 Å². The minimum Gasteiger partial charge on any atom is -0.493 e. The van der Waals surface area contributed by atoms with E-state index < -0.39 is 5.92 Å². The first kappa shape index (κ1) is 22.4. The van der Waals surface area contributed by atoms with Crippen LogP contribution in [0.4, 0.5) is 4.39 Å². The van der Waals surface area contributed by atoms with Crippen molar-refractivity contribution in [3.05, 3.63) is 82.2 Å². The van der Waals surface area contributed by atoms with Gasteiger partial charge < -0.3 is 19.9 Å². The number of nitriles is 1. The van der Waals surface area contributed by atoms with Crippen LogP contribution in [0.1, 0.15) is 43.7 Å². The topological polar surface area (TPSA) is 94.6 Å². The molecule has 2 N–H and O–H groups in total. The average molecular weight is 448 g/mol. The van der Waals surface area contributed by atoms with Crippen LogP contribution in [-0.2, 0) is 16.1 Å². The predicted octanol–water partition coefficient (Wildman–Crippen LogP) is 4.86. The number of hydrogen-bond acceptors (Lipinski definition) is 6. The number of halogens is 1. The Labute approximate surface area is 192 Å². The van der Waals surface area contributed by atoms with E-state index in [2.05, 4.69) is 6.07 Å². The van der Waals surface area contributed by atoms with Crippen LogP contribution in [0, 0.1) is 22.6 Å². The van der Waals surface area contributed by atoms with Crippen molar-refractivity contribution in [2.24, 2.45) is 11.1 Å². The van der Waals surface area contributed by atoms with E-state index >= 15 is 0 Å². The first-order valence-electron chi connectivity index (χ1n) is 10.6. The summed E-state index contributed by atoms with van der Waals surface area (Å²) in [6.45, 7) is 4.23. The van der Waals surface area contributed by atoms with E-state index in [0.717, 1.165) is 5.56 Å². The smallest absolute Gasteiger partial charge is 0.205 e. The number of methoxy groups -OCH3 is 1. The maximum absolute atomic E-state index is 13.1. The van der Waals surface area contributed by atoms with Gasteiger partial charge in [0.15, 0.2) is 17.3 Å². The summed E-state index contributed by atoms with van der Waals surface area (Å²) in [6, 6.07) is 13.4. The molecule has 0 fully saturated rings. The van der Waals surface area contributed by atoms with Gasteiger partial charge in [0.1, 0.15) is 29.8 Å². The molecule has 0 radical (unpaired) electrons. The quantitative estimate of drug-likeness (QED) is 0.702. The summed E-state index contributed by atoms with van der Waals surface area (Å²) >= 11 is 0. The molecule has 2 aliphatic rings. The number of nitrogens with zero attached hydrogens (tertiary/aromatic N) is 1. The van der Waals surface area contributed by atoms with Crippen molar-refractivity contribution in [3.63, 3.8) is 0 Å². The van der Waals surface area contributed by atoms with E-state index in [0.29, 0.717) is 41.2 Å². The van der Waals surface area contributed by atoms with Gasteiger partial charge in [0, 0.05) is 18.4 Å². The van der Waals surface area contributed by atoms with Gasteiger partial charge in [-0.15, -0.1) is 0 Å². The molecule has 0 unspecified atom stereocenters. The number of Topliss-reactive ketones (excluding diaryl/α,β-unsaturated/α-hetero) is 1. The fraction of sp³-hybridized carbons (Fsp3) is 0.308. The Balaban J connectivity index is 1.69. The molecule has 2 aromatic carbocycles. The monoisotopic (exact) mass is 448 g/mol. The molecule has 1 aliphatic heterocycles. The highest BCUT2D eigenvalue weighted by molar-refractivity contribution is 6.00.